The highest BCUT2D eigenvalue weighted by atomic mass is 16.4. The van der Waals surface area contributed by atoms with E-state index in [2.05, 4.69) is 5.32 Å². The third-order valence-corrected chi connectivity index (χ3v) is 3.76. The van der Waals surface area contributed by atoms with Crippen molar-refractivity contribution in [1.29, 1.82) is 0 Å². The molecule has 0 radical (unpaired) electrons. The number of carboxylic acid groups (broad SMARTS) is 1. The summed E-state index contributed by atoms with van der Waals surface area (Å²) < 4.78 is 0. The van der Waals surface area contributed by atoms with Gasteiger partial charge in [0.1, 0.15) is 0 Å². The maximum absolute atomic E-state index is 12.6. The second-order valence-corrected chi connectivity index (χ2v) is 5.37. The van der Waals surface area contributed by atoms with Gasteiger partial charge >= 0.3 is 5.97 Å². The minimum Gasteiger partial charge on any atom is -0.481 e. The van der Waals surface area contributed by atoms with Gasteiger partial charge in [-0.05, 0) is 31.0 Å². The molecule has 2 rings (SSSR count). The number of carbonyl (C=O) groups is 3. The molecule has 1 atom stereocenters. The van der Waals surface area contributed by atoms with Gasteiger partial charge in [-0.2, -0.15) is 0 Å². The van der Waals surface area contributed by atoms with Crippen LogP contribution in [0.2, 0.25) is 0 Å². The van der Waals surface area contributed by atoms with E-state index in [0.29, 0.717) is 30.6 Å². The Morgan fingerprint density at radius 3 is 2.82 bits per heavy atom. The molecule has 1 aromatic rings. The fraction of sp³-hybridized carbons (Fsp3) is 0.438. The summed E-state index contributed by atoms with van der Waals surface area (Å²) in [5.41, 5.74) is 1.04. The summed E-state index contributed by atoms with van der Waals surface area (Å²) in [5, 5.41) is 11.6. The fourth-order valence-electron chi connectivity index (χ4n) is 2.66. The van der Waals surface area contributed by atoms with Gasteiger partial charge in [0.15, 0.2) is 0 Å². The average molecular weight is 304 g/mol. The second-order valence-electron chi connectivity index (χ2n) is 5.37. The molecule has 0 bridgehead atoms. The van der Waals surface area contributed by atoms with E-state index in [-0.39, 0.29) is 24.3 Å². The van der Waals surface area contributed by atoms with Gasteiger partial charge < -0.3 is 15.3 Å². The van der Waals surface area contributed by atoms with Crippen LogP contribution in [-0.2, 0) is 9.59 Å². The predicted molar refractivity (Wildman–Crippen MR) is 81.7 cm³/mol. The van der Waals surface area contributed by atoms with Crippen molar-refractivity contribution >= 4 is 23.5 Å². The van der Waals surface area contributed by atoms with Crippen molar-refractivity contribution in [1.82, 2.24) is 4.90 Å². The molecule has 0 spiro atoms. The highest BCUT2D eigenvalue weighted by molar-refractivity contribution is 5.97. The summed E-state index contributed by atoms with van der Waals surface area (Å²) in [7, 11) is 0. The fourth-order valence-corrected chi connectivity index (χ4v) is 2.66. The quantitative estimate of drug-likeness (QED) is 0.872. The molecule has 0 aliphatic carbocycles. The van der Waals surface area contributed by atoms with Crippen LogP contribution in [0.25, 0.3) is 0 Å². The van der Waals surface area contributed by atoms with E-state index in [0.717, 1.165) is 6.42 Å². The topological polar surface area (TPSA) is 86.7 Å². The van der Waals surface area contributed by atoms with Crippen LogP contribution in [0, 0.1) is 0 Å². The van der Waals surface area contributed by atoms with Crippen molar-refractivity contribution in [3.05, 3.63) is 29.8 Å². The number of anilines is 1. The number of aliphatic carboxylic acids is 1. The van der Waals surface area contributed by atoms with Crippen molar-refractivity contribution in [2.75, 3.05) is 11.9 Å². The molecule has 1 aromatic carbocycles. The van der Waals surface area contributed by atoms with E-state index in [1.807, 2.05) is 0 Å². The number of hydrogen-bond acceptors (Lipinski definition) is 3. The average Bonchev–Trinajstić information content (AvgIpc) is 2.94. The first-order chi connectivity index (χ1) is 10.5. The number of carboxylic acids is 1. The zero-order valence-corrected chi connectivity index (χ0v) is 12.5. The van der Waals surface area contributed by atoms with Gasteiger partial charge in [0.25, 0.3) is 5.91 Å². The van der Waals surface area contributed by atoms with E-state index in [1.165, 1.54) is 0 Å². The van der Waals surface area contributed by atoms with Crippen molar-refractivity contribution in [3.8, 4) is 0 Å². The Kier molecular flexibility index (Phi) is 5.14. The van der Waals surface area contributed by atoms with Crippen molar-refractivity contribution in [3.63, 3.8) is 0 Å². The minimum atomic E-state index is -0.895. The number of nitrogens with one attached hydrogen (secondary N) is 1. The van der Waals surface area contributed by atoms with Gasteiger partial charge in [0, 0.05) is 30.3 Å². The molecule has 1 aliphatic rings. The largest absolute Gasteiger partial charge is 0.481 e. The highest BCUT2D eigenvalue weighted by Crippen LogP contribution is 2.23. The molecule has 0 aromatic heterocycles. The highest BCUT2D eigenvalue weighted by Gasteiger charge is 2.30. The molecule has 22 heavy (non-hydrogen) atoms. The molecule has 1 unspecified atom stereocenters. The van der Waals surface area contributed by atoms with Gasteiger partial charge in [-0.25, -0.2) is 0 Å². The smallest absolute Gasteiger partial charge is 0.305 e. The normalized spacial score (nSPS) is 17.3. The third-order valence-electron chi connectivity index (χ3n) is 3.76. The van der Waals surface area contributed by atoms with Gasteiger partial charge in [-0.3, -0.25) is 14.4 Å². The third kappa shape index (κ3) is 3.84. The number of amides is 2. The second kappa shape index (κ2) is 7.06. The number of likely N-dealkylation sites (tertiary alicyclic amines) is 1. The lowest BCUT2D eigenvalue weighted by atomic mass is 10.1. The summed E-state index contributed by atoms with van der Waals surface area (Å²) in [6.45, 7) is 2.33. The maximum Gasteiger partial charge on any atom is 0.305 e. The Balaban J connectivity index is 2.13. The monoisotopic (exact) mass is 304 g/mol. The lowest BCUT2D eigenvalue weighted by molar-refractivity contribution is -0.138. The van der Waals surface area contributed by atoms with Crippen LogP contribution in [-0.4, -0.2) is 40.4 Å². The zero-order chi connectivity index (χ0) is 16.1. The number of rotatable bonds is 5. The van der Waals surface area contributed by atoms with Gasteiger partial charge in [0.05, 0.1) is 6.42 Å². The van der Waals surface area contributed by atoms with E-state index in [9.17, 15) is 14.4 Å². The molecular formula is C16H20N2O4. The van der Waals surface area contributed by atoms with Crippen LogP contribution >= 0.6 is 0 Å². The molecular weight excluding hydrogens is 284 g/mol. The van der Waals surface area contributed by atoms with Crippen molar-refractivity contribution in [2.45, 2.75) is 38.6 Å². The van der Waals surface area contributed by atoms with Crippen LogP contribution in [0.1, 0.15) is 43.0 Å². The molecule has 2 amide bonds. The molecule has 0 saturated carbocycles. The van der Waals surface area contributed by atoms with Crippen LogP contribution in [0.5, 0.6) is 0 Å². The van der Waals surface area contributed by atoms with Crippen molar-refractivity contribution < 1.29 is 19.5 Å². The molecule has 1 saturated heterocycles. The predicted octanol–water partition coefficient (Wildman–Crippen LogP) is 2.11. The maximum atomic E-state index is 12.6. The summed E-state index contributed by atoms with van der Waals surface area (Å²) in [4.78, 5) is 36.5. The molecule has 6 nitrogen and oxygen atoms in total. The standard InChI is InChI=1S/C16H20N2O4/c1-2-14(19)17-12-6-3-5-11(9-12)16(22)18-8-4-7-13(18)10-15(20)21/h3,5-6,9,13H,2,4,7-8,10H2,1H3,(H,17,19)(H,20,21). The molecule has 118 valence electrons. The summed E-state index contributed by atoms with van der Waals surface area (Å²) >= 11 is 0. The van der Waals surface area contributed by atoms with Crippen molar-refractivity contribution in [2.24, 2.45) is 0 Å². The number of benzene rings is 1. The Hall–Kier alpha value is -2.37. The summed E-state index contributed by atoms with van der Waals surface area (Å²) in [5.74, 6) is -1.19. The molecule has 6 heteroatoms. The number of nitrogens with zero attached hydrogens (tertiary/aromatic N) is 1. The first kappa shape index (κ1) is 16.0. The lowest BCUT2D eigenvalue weighted by Gasteiger charge is -2.23. The van der Waals surface area contributed by atoms with Crippen LogP contribution in [0.4, 0.5) is 5.69 Å². The van der Waals surface area contributed by atoms with E-state index >= 15 is 0 Å². The Labute approximate surface area is 129 Å². The van der Waals surface area contributed by atoms with E-state index in [1.54, 1.807) is 36.1 Å². The minimum absolute atomic E-state index is 0.0298. The van der Waals surface area contributed by atoms with Crippen LogP contribution in [0.3, 0.4) is 0 Å². The Bertz CT molecular complexity index is 585. The van der Waals surface area contributed by atoms with Crippen LogP contribution < -0.4 is 5.32 Å². The first-order valence-electron chi connectivity index (χ1n) is 7.44. The zero-order valence-electron chi connectivity index (χ0n) is 12.5. The van der Waals surface area contributed by atoms with Crippen LogP contribution in [0.15, 0.2) is 24.3 Å². The molecule has 2 N–H and O–H groups in total. The number of hydrogen-bond donors (Lipinski definition) is 2. The first-order valence-corrected chi connectivity index (χ1v) is 7.44. The van der Waals surface area contributed by atoms with Gasteiger partial charge in [-0.15, -0.1) is 0 Å². The van der Waals surface area contributed by atoms with E-state index < -0.39 is 5.97 Å². The lowest BCUT2D eigenvalue weighted by Crippen LogP contribution is -2.36. The van der Waals surface area contributed by atoms with Gasteiger partial charge in [-0.1, -0.05) is 13.0 Å². The Morgan fingerprint density at radius 1 is 1.36 bits per heavy atom. The van der Waals surface area contributed by atoms with Gasteiger partial charge in [0.2, 0.25) is 5.91 Å². The molecule has 1 heterocycles. The summed E-state index contributed by atoms with van der Waals surface area (Å²) in [6.07, 6.45) is 1.86. The van der Waals surface area contributed by atoms with E-state index in [4.69, 9.17) is 5.11 Å². The SMILES string of the molecule is CCC(=O)Nc1cccc(C(=O)N2CCCC2CC(=O)O)c1. The Morgan fingerprint density at radius 2 is 2.14 bits per heavy atom. The molecule has 1 fully saturated rings. The summed E-state index contributed by atoms with van der Waals surface area (Å²) in [6, 6.07) is 6.49. The number of carbonyl (C=O) groups excluding carboxylic acids is 2. The molecule has 1 aliphatic heterocycles.